The summed E-state index contributed by atoms with van der Waals surface area (Å²) in [6, 6.07) is 16.0. The van der Waals surface area contributed by atoms with Gasteiger partial charge in [0.05, 0.1) is 0 Å². The van der Waals surface area contributed by atoms with Crippen LogP contribution in [0.5, 0.6) is 0 Å². The van der Waals surface area contributed by atoms with Gasteiger partial charge in [-0.1, -0.05) is 42.5 Å². The first-order valence-electron chi connectivity index (χ1n) is 9.49. The lowest BCUT2D eigenvalue weighted by Crippen LogP contribution is -2.39. The van der Waals surface area contributed by atoms with E-state index in [2.05, 4.69) is 10.6 Å². The highest BCUT2D eigenvalue weighted by Gasteiger charge is 2.25. The minimum absolute atomic E-state index is 0.0253. The van der Waals surface area contributed by atoms with Crippen molar-refractivity contribution in [3.63, 3.8) is 0 Å². The van der Waals surface area contributed by atoms with Crippen LogP contribution in [0.25, 0.3) is 11.1 Å². The number of aliphatic carboxylic acids is 1. The first kappa shape index (κ1) is 19.8. The maximum absolute atomic E-state index is 12.2. The molecule has 0 unspecified atom stereocenters. The van der Waals surface area contributed by atoms with Gasteiger partial charge in [-0.3, -0.25) is 19.7 Å². The Balaban J connectivity index is 1.49. The van der Waals surface area contributed by atoms with Crippen LogP contribution >= 0.6 is 0 Å². The van der Waals surface area contributed by atoms with Gasteiger partial charge >= 0.3 is 5.97 Å². The highest BCUT2D eigenvalue weighted by molar-refractivity contribution is 6.04. The van der Waals surface area contributed by atoms with E-state index in [9.17, 15) is 19.5 Å². The average molecular weight is 380 g/mol. The van der Waals surface area contributed by atoms with Crippen molar-refractivity contribution in [1.82, 2.24) is 10.6 Å². The normalized spacial score (nSPS) is 14.3. The van der Waals surface area contributed by atoms with Crippen molar-refractivity contribution in [3.8, 4) is 11.1 Å². The Morgan fingerprint density at radius 3 is 2.21 bits per heavy atom. The average Bonchev–Trinajstić information content (AvgIpc) is 3.53. The Bertz CT molecular complexity index is 829. The van der Waals surface area contributed by atoms with Gasteiger partial charge in [0.1, 0.15) is 6.04 Å². The second kappa shape index (κ2) is 9.28. The smallest absolute Gasteiger partial charge is 0.320 e. The quantitative estimate of drug-likeness (QED) is 0.622. The summed E-state index contributed by atoms with van der Waals surface area (Å²) in [5.74, 6) is -1.38. The van der Waals surface area contributed by atoms with E-state index in [1.165, 1.54) is 0 Å². The molecule has 0 spiro atoms. The number of carboxylic acids is 1. The molecule has 3 rings (SSSR count). The molecule has 1 aliphatic carbocycles. The van der Waals surface area contributed by atoms with Gasteiger partial charge in [-0.05, 0) is 55.0 Å². The molecular weight excluding hydrogens is 356 g/mol. The lowest BCUT2D eigenvalue weighted by molar-refractivity contribution is -0.139. The Morgan fingerprint density at radius 2 is 1.61 bits per heavy atom. The molecule has 28 heavy (non-hydrogen) atoms. The van der Waals surface area contributed by atoms with Crippen molar-refractivity contribution in [2.45, 2.75) is 31.7 Å². The third kappa shape index (κ3) is 5.76. The molecule has 146 valence electrons. The Morgan fingerprint density at radius 1 is 0.964 bits per heavy atom. The second-order valence-corrected chi connectivity index (χ2v) is 7.10. The van der Waals surface area contributed by atoms with Crippen molar-refractivity contribution < 1.29 is 19.5 Å². The molecule has 0 bridgehead atoms. The van der Waals surface area contributed by atoms with Crippen LogP contribution < -0.4 is 10.6 Å². The Kier molecular flexibility index (Phi) is 6.55. The molecule has 0 heterocycles. The van der Waals surface area contributed by atoms with Gasteiger partial charge in [0.25, 0.3) is 5.91 Å². The molecule has 0 aromatic heterocycles. The fraction of sp³-hybridized carbons (Fsp3) is 0.318. The van der Waals surface area contributed by atoms with Gasteiger partial charge in [0.15, 0.2) is 0 Å². The number of imide groups is 1. The SMILES string of the molecule is O=C(CC[C@H](NCC1CC1)C(=O)O)NC(=O)c1ccc(-c2ccccc2)cc1. The van der Waals surface area contributed by atoms with Crippen LogP contribution in [-0.2, 0) is 9.59 Å². The Hall–Kier alpha value is -2.99. The number of amides is 2. The fourth-order valence-electron chi connectivity index (χ4n) is 2.93. The van der Waals surface area contributed by atoms with Crippen LogP contribution in [0.2, 0.25) is 0 Å². The Labute approximate surface area is 164 Å². The number of hydrogen-bond donors (Lipinski definition) is 3. The number of nitrogens with one attached hydrogen (secondary N) is 2. The summed E-state index contributed by atoms with van der Waals surface area (Å²) in [5, 5.41) is 14.5. The zero-order valence-electron chi connectivity index (χ0n) is 15.6. The van der Waals surface area contributed by atoms with Crippen LogP contribution in [0.1, 0.15) is 36.0 Å². The molecule has 6 nitrogen and oxygen atoms in total. The molecule has 3 N–H and O–H groups in total. The van der Waals surface area contributed by atoms with Gasteiger partial charge in [-0.25, -0.2) is 0 Å². The number of hydrogen-bond acceptors (Lipinski definition) is 4. The third-order valence-corrected chi connectivity index (χ3v) is 4.82. The maximum Gasteiger partial charge on any atom is 0.320 e. The topological polar surface area (TPSA) is 95.5 Å². The lowest BCUT2D eigenvalue weighted by atomic mass is 10.0. The predicted molar refractivity (Wildman–Crippen MR) is 106 cm³/mol. The number of carbonyl (C=O) groups is 3. The maximum atomic E-state index is 12.2. The number of rotatable bonds is 9. The second-order valence-electron chi connectivity index (χ2n) is 7.10. The van der Waals surface area contributed by atoms with Gasteiger partial charge in [0.2, 0.25) is 5.91 Å². The molecule has 6 heteroatoms. The first-order chi connectivity index (χ1) is 13.5. The molecule has 1 fully saturated rings. The third-order valence-electron chi connectivity index (χ3n) is 4.82. The number of carbonyl (C=O) groups excluding carboxylic acids is 2. The molecule has 2 aromatic carbocycles. The standard InChI is InChI=1S/C22H24N2O4/c25-20(13-12-19(22(27)28)23-14-15-6-7-15)24-21(26)18-10-8-17(9-11-18)16-4-2-1-3-5-16/h1-5,8-11,15,19,23H,6-7,12-14H2,(H,27,28)(H,24,25,26)/t19-/m0/s1. The summed E-state index contributed by atoms with van der Waals surface area (Å²) in [4.78, 5) is 35.6. The minimum Gasteiger partial charge on any atom is -0.480 e. The number of carboxylic acid groups (broad SMARTS) is 1. The zero-order valence-corrected chi connectivity index (χ0v) is 15.6. The summed E-state index contributed by atoms with van der Waals surface area (Å²) in [5.41, 5.74) is 2.41. The largest absolute Gasteiger partial charge is 0.480 e. The molecule has 2 aromatic rings. The van der Waals surface area contributed by atoms with Crippen molar-refractivity contribution in [2.75, 3.05) is 6.54 Å². The summed E-state index contributed by atoms with van der Waals surface area (Å²) < 4.78 is 0. The molecule has 1 aliphatic rings. The van der Waals surface area contributed by atoms with Gasteiger partial charge < -0.3 is 10.4 Å². The van der Waals surface area contributed by atoms with Crippen molar-refractivity contribution in [2.24, 2.45) is 5.92 Å². The van der Waals surface area contributed by atoms with Crippen LogP contribution in [0, 0.1) is 5.92 Å². The minimum atomic E-state index is -0.976. The van der Waals surface area contributed by atoms with Crippen LogP contribution in [0.3, 0.4) is 0 Å². The summed E-state index contributed by atoms with van der Waals surface area (Å²) in [6.45, 7) is 0.658. The van der Waals surface area contributed by atoms with E-state index in [-0.39, 0.29) is 12.8 Å². The van der Waals surface area contributed by atoms with E-state index < -0.39 is 23.8 Å². The van der Waals surface area contributed by atoms with E-state index in [4.69, 9.17) is 0 Å². The molecule has 2 amide bonds. The first-order valence-corrected chi connectivity index (χ1v) is 9.49. The lowest BCUT2D eigenvalue weighted by Gasteiger charge is -2.13. The van der Waals surface area contributed by atoms with Crippen molar-refractivity contribution >= 4 is 17.8 Å². The van der Waals surface area contributed by atoms with E-state index in [1.54, 1.807) is 12.1 Å². The highest BCUT2D eigenvalue weighted by atomic mass is 16.4. The van der Waals surface area contributed by atoms with Crippen LogP contribution in [-0.4, -0.2) is 35.5 Å². The van der Waals surface area contributed by atoms with Gasteiger partial charge in [-0.15, -0.1) is 0 Å². The molecule has 0 saturated heterocycles. The highest BCUT2D eigenvalue weighted by Crippen LogP contribution is 2.27. The molecule has 1 atom stereocenters. The van der Waals surface area contributed by atoms with Crippen LogP contribution in [0.15, 0.2) is 54.6 Å². The molecule has 0 radical (unpaired) electrons. The predicted octanol–water partition coefficient (Wildman–Crippen LogP) is 2.84. The van der Waals surface area contributed by atoms with Gasteiger partial charge in [-0.2, -0.15) is 0 Å². The van der Waals surface area contributed by atoms with E-state index >= 15 is 0 Å². The molecule has 0 aliphatic heterocycles. The van der Waals surface area contributed by atoms with Gasteiger partial charge in [0, 0.05) is 12.0 Å². The summed E-state index contributed by atoms with van der Waals surface area (Å²) >= 11 is 0. The van der Waals surface area contributed by atoms with Crippen molar-refractivity contribution in [3.05, 3.63) is 60.2 Å². The fourth-order valence-corrected chi connectivity index (χ4v) is 2.93. The van der Waals surface area contributed by atoms with Crippen molar-refractivity contribution in [1.29, 1.82) is 0 Å². The summed E-state index contributed by atoms with van der Waals surface area (Å²) in [6.07, 6.45) is 2.37. The van der Waals surface area contributed by atoms with E-state index in [1.807, 2.05) is 42.5 Å². The van der Waals surface area contributed by atoms with Crippen LogP contribution in [0.4, 0.5) is 0 Å². The summed E-state index contributed by atoms with van der Waals surface area (Å²) in [7, 11) is 0. The van der Waals surface area contributed by atoms with E-state index in [0.717, 1.165) is 24.0 Å². The molecular formula is C22H24N2O4. The number of benzene rings is 2. The monoisotopic (exact) mass is 380 g/mol. The zero-order chi connectivity index (χ0) is 19.9. The molecule has 1 saturated carbocycles. The van der Waals surface area contributed by atoms with E-state index in [0.29, 0.717) is 18.0 Å².